The monoisotopic (exact) mass is 382 g/mol. The predicted molar refractivity (Wildman–Crippen MR) is 104 cm³/mol. The highest BCUT2D eigenvalue weighted by atomic mass is 16.5. The fraction of sp³-hybridized carbons (Fsp3) is 0.318. The Bertz CT molecular complexity index is 944. The van der Waals surface area contributed by atoms with Crippen molar-refractivity contribution in [3.8, 4) is 23.0 Å². The molecular weight excluding hydrogens is 358 g/mol. The van der Waals surface area contributed by atoms with Crippen molar-refractivity contribution < 1.29 is 29.0 Å². The first kappa shape index (κ1) is 18.4. The summed E-state index contributed by atoms with van der Waals surface area (Å²) < 4.78 is 16.6. The third-order valence-electron chi connectivity index (χ3n) is 5.38. The van der Waals surface area contributed by atoms with Crippen molar-refractivity contribution in [3.63, 3.8) is 0 Å². The SMILES string of the molecule is COc1ccc(OC)c(/C=C2\Oc3c(ccc(O)c3C[NH+]3CCCC3)C2=O)c1. The number of rotatable bonds is 5. The molecule has 1 saturated heterocycles. The van der Waals surface area contributed by atoms with E-state index in [1.54, 1.807) is 50.6 Å². The number of hydrogen-bond donors (Lipinski definition) is 2. The summed E-state index contributed by atoms with van der Waals surface area (Å²) in [4.78, 5) is 14.3. The Hall–Kier alpha value is -2.99. The Morgan fingerprint density at radius 2 is 1.93 bits per heavy atom. The van der Waals surface area contributed by atoms with Crippen molar-refractivity contribution in [3.05, 3.63) is 52.8 Å². The molecule has 0 aromatic heterocycles. The Morgan fingerprint density at radius 3 is 2.64 bits per heavy atom. The number of phenolic OH excluding ortho intramolecular Hbond substituents is 1. The minimum Gasteiger partial charge on any atom is -0.507 e. The standard InChI is InChI=1S/C22H23NO5/c1-26-15-5-8-19(27-2)14(11-15)12-20-21(25)16-6-7-18(24)17(22(16)28-20)13-23-9-3-4-10-23/h5-8,11-12,24H,3-4,9-10,13H2,1-2H3/p+1/b20-12-. The van der Waals surface area contributed by atoms with Crippen molar-refractivity contribution in [1.82, 2.24) is 0 Å². The Balaban J connectivity index is 1.70. The molecule has 0 bridgehead atoms. The molecule has 0 saturated carbocycles. The molecule has 6 nitrogen and oxygen atoms in total. The second kappa shape index (κ2) is 7.56. The summed E-state index contributed by atoms with van der Waals surface area (Å²) in [6.07, 6.45) is 4.03. The van der Waals surface area contributed by atoms with Crippen molar-refractivity contribution in [2.24, 2.45) is 0 Å². The first-order chi connectivity index (χ1) is 13.6. The van der Waals surface area contributed by atoms with E-state index in [1.807, 2.05) is 0 Å². The van der Waals surface area contributed by atoms with Gasteiger partial charge in [-0.05, 0) is 36.4 Å². The van der Waals surface area contributed by atoms with Crippen molar-refractivity contribution in [1.29, 1.82) is 0 Å². The molecule has 0 spiro atoms. The van der Waals surface area contributed by atoms with Gasteiger partial charge in [0.15, 0.2) is 11.5 Å². The molecule has 0 unspecified atom stereocenters. The number of hydrogen-bond acceptors (Lipinski definition) is 5. The lowest BCUT2D eigenvalue weighted by molar-refractivity contribution is -0.901. The highest BCUT2D eigenvalue weighted by Gasteiger charge is 2.33. The highest BCUT2D eigenvalue weighted by molar-refractivity contribution is 6.15. The zero-order valence-electron chi connectivity index (χ0n) is 16.1. The molecule has 2 heterocycles. The molecule has 4 rings (SSSR count). The molecule has 2 N–H and O–H groups in total. The van der Waals surface area contributed by atoms with Gasteiger partial charge in [-0.25, -0.2) is 0 Å². The topological polar surface area (TPSA) is 69.4 Å². The van der Waals surface area contributed by atoms with E-state index >= 15 is 0 Å². The summed E-state index contributed by atoms with van der Waals surface area (Å²) in [5, 5.41) is 10.4. The average Bonchev–Trinajstić information content (AvgIpc) is 3.32. The smallest absolute Gasteiger partial charge is 0.231 e. The van der Waals surface area contributed by atoms with Gasteiger partial charge in [0.1, 0.15) is 23.8 Å². The number of carbonyl (C=O) groups is 1. The lowest BCUT2D eigenvalue weighted by atomic mass is 10.0. The molecule has 0 aliphatic carbocycles. The maximum absolute atomic E-state index is 12.9. The molecule has 146 valence electrons. The number of benzene rings is 2. The summed E-state index contributed by atoms with van der Waals surface area (Å²) in [5.41, 5.74) is 1.87. The van der Waals surface area contributed by atoms with Crippen LogP contribution in [0.5, 0.6) is 23.0 Å². The van der Waals surface area contributed by atoms with Crippen LogP contribution >= 0.6 is 0 Å². The second-order valence-electron chi connectivity index (χ2n) is 7.12. The molecule has 2 aliphatic heterocycles. The van der Waals surface area contributed by atoms with Gasteiger partial charge in [0, 0.05) is 18.4 Å². The third-order valence-corrected chi connectivity index (χ3v) is 5.38. The van der Waals surface area contributed by atoms with Crippen LogP contribution in [0.2, 0.25) is 0 Å². The molecule has 28 heavy (non-hydrogen) atoms. The Kier molecular flexibility index (Phi) is 4.96. The van der Waals surface area contributed by atoms with E-state index in [2.05, 4.69) is 0 Å². The van der Waals surface area contributed by atoms with Gasteiger partial charge in [-0.2, -0.15) is 0 Å². The zero-order chi connectivity index (χ0) is 19.7. The lowest BCUT2D eigenvalue weighted by Gasteiger charge is -2.15. The largest absolute Gasteiger partial charge is 0.507 e. The maximum atomic E-state index is 12.9. The van der Waals surface area contributed by atoms with E-state index in [1.165, 1.54) is 17.7 Å². The second-order valence-corrected chi connectivity index (χ2v) is 7.12. The summed E-state index contributed by atoms with van der Waals surface area (Å²) >= 11 is 0. The van der Waals surface area contributed by atoms with Gasteiger partial charge in [0.25, 0.3) is 0 Å². The van der Waals surface area contributed by atoms with Gasteiger partial charge in [0.05, 0.1) is 38.4 Å². The van der Waals surface area contributed by atoms with E-state index in [4.69, 9.17) is 14.2 Å². The van der Waals surface area contributed by atoms with Crippen molar-refractivity contribution in [2.75, 3.05) is 27.3 Å². The number of ketones is 1. The number of nitrogens with one attached hydrogen (secondary N) is 1. The quantitative estimate of drug-likeness (QED) is 0.776. The minimum absolute atomic E-state index is 0.172. The summed E-state index contributed by atoms with van der Waals surface area (Å²) in [6, 6.07) is 8.57. The Labute approximate surface area is 163 Å². The summed E-state index contributed by atoms with van der Waals surface area (Å²) in [6.45, 7) is 2.79. The molecule has 2 aliphatic rings. The number of quaternary nitrogens is 1. The van der Waals surface area contributed by atoms with E-state index in [0.717, 1.165) is 13.1 Å². The molecule has 0 radical (unpaired) electrons. The van der Waals surface area contributed by atoms with Crippen LogP contribution in [0.4, 0.5) is 0 Å². The number of methoxy groups -OCH3 is 2. The fourth-order valence-corrected chi connectivity index (χ4v) is 3.86. The minimum atomic E-state index is -0.197. The van der Waals surface area contributed by atoms with Gasteiger partial charge in [-0.15, -0.1) is 0 Å². The van der Waals surface area contributed by atoms with Crippen LogP contribution in [-0.4, -0.2) is 38.2 Å². The fourth-order valence-electron chi connectivity index (χ4n) is 3.86. The first-order valence-corrected chi connectivity index (χ1v) is 9.45. The number of allylic oxidation sites excluding steroid dienone is 1. The lowest BCUT2D eigenvalue weighted by Crippen LogP contribution is -3.08. The van der Waals surface area contributed by atoms with Crippen LogP contribution < -0.4 is 19.1 Å². The van der Waals surface area contributed by atoms with Crippen LogP contribution in [0.25, 0.3) is 6.08 Å². The summed E-state index contributed by atoms with van der Waals surface area (Å²) in [5.74, 6) is 1.93. The molecule has 1 fully saturated rings. The van der Waals surface area contributed by atoms with Gasteiger partial charge in [-0.3, -0.25) is 4.79 Å². The third kappa shape index (κ3) is 3.31. The number of aromatic hydroxyl groups is 1. The van der Waals surface area contributed by atoms with E-state index in [0.29, 0.717) is 40.5 Å². The zero-order valence-corrected chi connectivity index (χ0v) is 16.1. The molecule has 0 atom stereocenters. The van der Waals surface area contributed by atoms with Gasteiger partial charge in [-0.1, -0.05) is 0 Å². The number of likely N-dealkylation sites (tertiary alicyclic amines) is 1. The van der Waals surface area contributed by atoms with Crippen molar-refractivity contribution in [2.45, 2.75) is 19.4 Å². The normalized spacial score (nSPS) is 17.6. The predicted octanol–water partition coefficient (Wildman–Crippen LogP) is 2.20. The van der Waals surface area contributed by atoms with Gasteiger partial charge < -0.3 is 24.2 Å². The maximum Gasteiger partial charge on any atom is 0.231 e. The molecule has 2 aromatic rings. The van der Waals surface area contributed by atoms with E-state index in [9.17, 15) is 9.90 Å². The number of ether oxygens (including phenoxy) is 3. The molecular formula is C22H24NO5+. The average molecular weight is 382 g/mol. The molecule has 0 amide bonds. The van der Waals surface area contributed by atoms with Gasteiger partial charge in [0.2, 0.25) is 5.78 Å². The van der Waals surface area contributed by atoms with Crippen LogP contribution in [-0.2, 0) is 6.54 Å². The van der Waals surface area contributed by atoms with E-state index < -0.39 is 0 Å². The van der Waals surface area contributed by atoms with Crippen LogP contribution in [0.3, 0.4) is 0 Å². The van der Waals surface area contributed by atoms with Crippen LogP contribution in [0.15, 0.2) is 36.1 Å². The van der Waals surface area contributed by atoms with Crippen molar-refractivity contribution >= 4 is 11.9 Å². The number of Topliss-reactive ketones (excluding diaryl/α,β-unsaturated/α-hetero) is 1. The number of phenols is 1. The van der Waals surface area contributed by atoms with E-state index in [-0.39, 0.29) is 17.3 Å². The Morgan fingerprint density at radius 1 is 1.14 bits per heavy atom. The summed E-state index contributed by atoms with van der Waals surface area (Å²) in [7, 11) is 3.16. The number of fused-ring (bicyclic) bond motifs is 1. The first-order valence-electron chi connectivity index (χ1n) is 9.45. The highest BCUT2D eigenvalue weighted by Crippen LogP contribution is 2.40. The van der Waals surface area contributed by atoms with Crippen LogP contribution in [0, 0.1) is 0 Å². The van der Waals surface area contributed by atoms with Gasteiger partial charge >= 0.3 is 0 Å². The van der Waals surface area contributed by atoms with Crippen LogP contribution in [0.1, 0.15) is 34.3 Å². The molecule has 6 heteroatoms. The number of carbonyl (C=O) groups excluding carboxylic acids is 1. The molecule has 2 aromatic carbocycles.